The molecule has 0 aromatic heterocycles. The van der Waals surface area contributed by atoms with Gasteiger partial charge in [0.05, 0.1) is 17.1 Å². The van der Waals surface area contributed by atoms with Gasteiger partial charge in [0, 0.05) is 6.07 Å². The zero-order chi connectivity index (χ0) is 13.8. The summed E-state index contributed by atoms with van der Waals surface area (Å²) in [6.07, 6.45) is 0. The quantitative estimate of drug-likeness (QED) is 0.778. The van der Waals surface area contributed by atoms with Crippen molar-refractivity contribution in [2.24, 2.45) is 0 Å². The minimum absolute atomic E-state index is 0.114. The Morgan fingerprint density at radius 1 is 1.11 bits per heavy atom. The first-order chi connectivity index (χ1) is 9.11. The minimum Gasteiger partial charge on any atom is -0.497 e. The molecule has 0 atom stereocenters. The number of hydrogen-bond donors (Lipinski definition) is 0. The fourth-order valence-electron chi connectivity index (χ4n) is 1.55. The van der Waals surface area contributed by atoms with Crippen molar-refractivity contribution in [2.45, 2.75) is 6.61 Å². The Labute approximate surface area is 118 Å². The molecule has 0 saturated heterocycles. The van der Waals surface area contributed by atoms with Crippen molar-refractivity contribution in [1.29, 1.82) is 0 Å². The maximum absolute atomic E-state index is 13.7. The van der Waals surface area contributed by atoms with Crippen molar-refractivity contribution in [3.8, 4) is 11.5 Å². The van der Waals surface area contributed by atoms with E-state index in [9.17, 15) is 8.78 Å². The fourth-order valence-corrected chi connectivity index (χ4v) is 1.92. The van der Waals surface area contributed by atoms with E-state index in [4.69, 9.17) is 9.47 Å². The van der Waals surface area contributed by atoms with Crippen LogP contribution in [0.5, 0.6) is 11.5 Å². The largest absolute Gasteiger partial charge is 0.497 e. The second kappa shape index (κ2) is 6.02. The highest BCUT2D eigenvalue weighted by Gasteiger charge is 2.13. The SMILES string of the molecule is COc1cccc(OCc2c(F)ccc(Br)c2F)c1. The van der Waals surface area contributed by atoms with E-state index in [-0.39, 0.29) is 16.6 Å². The first kappa shape index (κ1) is 13.8. The molecule has 2 rings (SSSR count). The van der Waals surface area contributed by atoms with Crippen LogP contribution in [0.25, 0.3) is 0 Å². The Hall–Kier alpha value is -1.62. The van der Waals surface area contributed by atoms with E-state index in [0.717, 1.165) is 0 Å². The lowest BCUT2D eigenvalue weighted by molar-refractivity contribution is 0.290. The molecule has 2 aromatic rings. The number of hydrogen-bond acceptors (Lipinski definition) is 2. The molecule has 0 fully saturated rings. The van der Waals surface area contributed by atoms with Crippen LogP contribution in [0.1, 0.15) is 5.56 Å². The summed E-state index contributed by atoms with van der Waals surface area (Å²) in [5.74, 6) is -0.183. The van der Waals surface area contributed by atoms with E-state index < -0.39 is 11.6 Å². The van der Waals surface area contributed by atoms with Gasteiger partial charge in [0.15, 0.2) is 0 Å². The molecular formula is C14H11BrF2O2. The Morgan fingerprint density at radius 3 is 2.58 bits per heavy atom. The zero-order valence-corrected chi connectivity index (χ0v) is 11.7. The van der Waals surface area contributed by atoms with Crippen LogP contribution in [0.15, 0.2) is 40.9 Å². The second-order valence-corrected chi connectivity index (χ2v) is 4.64. The lowest BCUT2D eigenvalue weighted by Crippen LogP contribution is -2.02. The Balaban J connectivity index is 2.16. The molecule has 5 heteroatoms. The summed E-state index contributed by atoms with van der Waals surface area (Å²) in [6, 6.07) is 9.34. The molecule has 0 spiro atoms. The molecule has 0 amide bonds. The lowest BCUT2D eigenvalue weighted by Gasteiger charge is -2.10. The van der Waals surface area contributed by atoms with E-state index in [1.807, 2.05) is 0 Å². The molecule has 0 aliphatic rings. The smallest absolute Gasteiger partial charge is 0.146 e. The van der Waals surface area contributed by atoms with Gasteiger partial charge in [-0.25, -0.2) is 8.78 Å². The van der Waals surface area contributed by atoms with Crippen LogP contribution in [-0.2, 0) is 6.61 Å². The lowest BCUT2D eigenvalue weighted by atomic mass is 10.2. The van der Waals surface area contributed by atoms with E-state index in [1.54, 1.807) is 24.3 Å². The number of halogens is 3. The number of methoxy groups -OCH3 is 1. The van der Waals surface area contributed by atoms with E-state index in [1.165, 1.54) is 19.2 Å². The summed E-state index contributed by atoms with van der Waals surface area (Å²) in [6.45, 7) is -0.190. The molecule has 100 valence electrons. The van der Waals surface area contributed by atoms with Crippen LogP contribution in [0.4, 0.5) is 8.78 Å². The standard InChI is InChI=1S/C14H11BrF2O2/c1-18-9-3-2-4-10(7-9)19-8-11-13(16)6-5-12(15)14(11)17/h2-7H,8H2,1H3. The molecule has 0 aliphatic carbocycles. The van der Waals surface area contributed by atoms with Crippen LogP contribution in [0, 0.1) is 11.6 Å². The minimum atomic E-state index is -0.650. The molecule has 0 saturated carbocycles. The molecular weight excluding hydrogens is 318 g/mol. The van der Waals surface area contributed by atoms with Gasteiger partial charge in [-0.3, -0.25) is 0 Å². The van der Waals surface area contributed by atoms with Gasteiger partial charge in [0.25, 0.3) is 0 Å². The summed E-state index contributed by atoms with van der Waals surface area (Å²) in [5.41, 5.74) is -0.114. The summed E-state index contributed by atoms with van der Waals surface area (Å²) in [5, 5.41) is 0. The molecule has 0 aliphatic heterocycles. The normalized spacial score (nSPS) is 10.3. The first-order valence-electron chi connectivity index (χ1n) is 5.51. The summed E-state index contributed by atoms with van der Waals surface area (Å²) in [7, 11) is 1.53. The van der Waals surface area contributed by atoms with Crippen molar-refractivity contribution < 1.29 is 18.3 Å². The molecule has 2 nitrogen and oxygen atoms in total. The third-order valence-electron chi connectivity index (χ3n) is 2.56. The molecule has 0 heterocycles. The van der Waals surface area contributed by atoms with Gasteiger partial charge in [-0.15, -0.1) is 0 Å². The Kier molecular flexibility index (Phi) is 4.37. The highest BCUT2D eigenvalue weighted by atomic mass is 79.9. The predicted octanol–water partition coefficient (Wildman–Crippen LogP) is 4.31. The van der Waals surface area contributed by atoms with Crippen LogP contribution in [0.2, 0.25) is 0 Å². The van der Waals surface area contributed by atoms with Crippen LogP contribution < -0.4 is 9.47 Å². The van der Waals surface area contributed by atoms with E-state index >= 15 is 0 Å². The van der Waals surface area contributed by atoms with Gasteiger partial charge >= 0.3 is 0 Å². The predicted molar refractivity (Wildman–Crippen MR) is 71.4 cm³/mol. The molecule has 0 radical (unpaired) electrons. The highest BCUT2D eigenvalue weighted by molar-refractivity contribution is 9.10. The van der Waals surface area contributed by atoms with Gasteiger partial charge in [-0.05, 0) is 40.2 Å². The molecule has 0 N–H and O–H groups in total. The van der Waals surface area contributed by atoms with Gasteiger partial charge < -0.3 is 9.47 Å². The van der Waals surface area contributed by atoms with Crippen LogP contribution in [-0.4, -0.2) is 7.11 Å². The number of rotatable bonds is 4. The summed E-state index contributed by atoms with van der Waals surface area (Å²) in [4.78, 5) is 0. The summed E-state index contributed by atoms with van der Waals surface area (Å²) >= 11 is 3.01. The van der Waals surface area contributed by atoms with Crippen molar-refractivity contribution in [2.75, 3.05) is 7.11 Å². The zero-order valence-electron chi connectivity index (χ0n) is 10.1. The third-order valence-corrected chi connectivity index (χ3v) is 3.18. The van der Waals surface area contributed by atoms with Crippen molar-refractivity contribution in [3.63, 3.8) is 0 Å². The highest BCUT2D eigenvalue weighted by Crippen LogP contribution is 2.24. The van der Waals surface area contributed by atoms with Crippen LogP contribution >= 0.6 is 15.9 Å². The Bertz CT molecular complexity index is 588. The average molecular weight is 329 g/mol. The average Bonchev–Trinajstić information content (AvgIpc) is 2.43. The van der Waals surface area contributed by atoms with Crippen molar-refractivity contribution >= 4 is 15.9 Å². The fraction of sp³-hybridized carbons (Fsp3) is 0.143. The molecule has 2 aromatic carbocycles. The van der Waals surface area contributed by atoms with Gasteiger partial charge in [-0.1, -0.05) is 6.07 Å². The monoisotopic (exact) mass is 328 g/mol. The Morgan fingerprint density at radius 2 is 1.84 bits per heavy atom. The topological polar surface area (TPSA) is 18.5 Å². The molecule has 19 heavy (non-hydrogen) atoms. The third kappa shape index (κ3) is 3.23. The first-order valence-corrected chi connectivity index (χ1v) is 6.30. The van der Waals surface area contributed by atoms with Gasteiger partial charge in [0.1, 0.15) is 29.7 Å². The van der Waals surface area contributed by atoms with Gasteiger partial charge in [-0.2, -0.15) is 0 Å². The maximum Gasteiger partial charge on any atom is 0.146 e. The summed E-state index contributed by atoms with van der Waals surface area (Å²) < 4.78 is 37.8. The maximum atomic E-state index is 13.7. The van der Waals surface area contributed by atoms with Crippen molar-refractivity contribution in [1.82, 2.24) is 0 Å². The second-order valence-electron chi connectivity index (χ2n) is 3.79. The van der Waals surface area contributed by atoms with E-state index in [2.05, 4.69) is 15.9 Å². The van der Waals surface area contributed by atoms with E-state index in [0.29, 0.717) is 11.5 Å². The van der Waals surface area contributed by atoms with Gasteiger partial charge in [0.2, 0.25) is 0 Å². The molecule has 0 unspecified atom stereocenters. The number of benzene rings is 2. The van der Waals surface area contributed by atoms with Crippen LogP contribution in [0.3, 0.4) is 0 Å². The number of ether oxygens (including phenoxy) is 2. The molecule has 0 bridgehead atoms. The van der Waals surface area contributed by atoms with Crippen molar-refractivity contribution in [3.05, 3.63) is 58.1 Å².